The molecule has 0 spiro atoms. The molecule has 2 aliphatic heterocycles. The molecular weight excluding hydrogens is 449 g/mol. The number of nitrogens with one attached hydrogen (secondary N) is 1. The van der Waals surface area contributed by atoms with E-state index in [1.54, 1.807) is 0 Å². The van der Waals surface area contributed by atoms with Crippen LogP contribution in [0.5, 0.6) is 0 Å². The Morgan fingerprint density at radius 3 is 2.80 bits per heavy atom. The highest BCUT2D eigenvalue weighted by atomic mass is 127. The molecule has 1 aromatic rings. The molecule has 2 heterocycles. The minimum atomic E-state index is -2.84. The fourth-order valence-corrected chi connectivity index (χ4v) is 5.19. The molecule has 3 rings (SSSR count). The van der Waals surface area contributed by atoms with E-state index in [1.165, 1.54) is 11.1 Å². The number of nitrogens with zero attached hydrogens (tertiary/aromatic N) is 2. The molecule has 0 aromatic heterocycles. The zero-order valence-corrected chi connectivity index (χ0v) is 17.5. The molecule has 1 saturated heterocycles. The Morgan fingerprint density at radius 2 is 2.12 bits per heavy atom. The molecule has 7 heteroatoms. The third-order valence-corrected chi connectivity index (χ3v) is 6.50. The number of hydrogen-bond donors (Lipinski definition) is 1. The van der Waals surface area contributed by atoms with Gasteiger partial charge in [0.1, 0.15) is 0 Å². The highest BCUT2D eigenvalue weighted by Crippen LogP contribution is 2.20. The Labute approximate surface area is 167 Å². The summed E-state index contributed by atoms with van der Waals surface area (Å²) in [6.07, 6.45) is 3.54. The molecule has 0 saturated carbocycles. The first-order chi connectivity index (χ1) is 11.6. The number of rotatable bonds is 4. The smallest absolute Gasteiger partial charge is 0.194 e. The van der Waals surface area contributed by atoms with Crippen LogP contribution >= 0.6 is 24.0 Å². The number of aliphatic imine (C=N–C) groups is 1. The first-order valence-electron chi connectivity index (χ1n) is 8.49. The van der Waals surface area contributed by atoms with E-state index in [4.69, 9.17) is 4.99 Å². The van der Waals surface area contributed by atoms with Gasteiger partial charge in [-0.3, -0.25) is 4.99 Å². The Hall–Kier alpha value is -1.09. The topological polar surface area (TPSA) is 61.8 Å². The van der Waals surface area contributed by atoms with Gasteiger partial charge in [-0.2, -0.15) is 0 Å². The maximum Gasteiger partial charge on any atom is 0.194 e. The maximum atomic E-state index is 11.6. The Balaban J connectivity index is 0.00000225. The summed E-state index contributed by atoms with van der Waals surface area (Å²) in [5.74, 6) is 1.58. The van der Waals surface area contributed by atoms with Crippen molar-refractivity contribution in [1.29, 1.82) is 0 Å². The predicted molar refractivity (Wildman–Crippen MR) is 113 cm³/mol. The predicted octanol–water partition coefficient (Wildman–Crippen LogP) is 2.23. The quantitative estimate of drug-likeness (QED) is 0.314. The van der Waals surface area contributed by atoms with Gasteiger partial charge in [-0.1, -0.05) is 30.3 Å². The molecule has 1 aromatic carbocycles. The van der Waals surface area contributed by atoms with E-state index in [-0.39, 0.29) is 35.6 Å². The van der Waals surface area contributed by atoms with Gasteiger partial charge < -0.3 is 10.2 Å². The van der Waals surface area contributed by atoms with Crippen molar-refractivity contribution < 1.29 is 8.42 Å². The van der Waals surface area contributed by atoms with E-state index in [0.29, 0.717) is 18.8 Å². The summed E-state index contributed by atoms with van der Waals surface area (Å²) in [5, 5.41) is 3.32. The van der Waals surface area contributed by atoms with Crippen molar-refractivity contribution in [3.8, 4) is 0 Å². The lowest BCUT2D eigenvalue weighted by Crippen LogP contribution is -2.44. The van der Waals surface area contributed by atoms with Crippen LogP contribution in [-0.2, 0) is 22.8 Å². The first-order valence-corrected chi connectivity index (χ1v) is 10.3. The fourth-order valence-electron chi connectivity index (χ4n) is 3.34. The SMILES string of the molecule is C=CCNC(=NCC1CCS(=O)(=O)C1)N1CCc2ccccc2C1.I. The molecule has 1 N–H and O–H groups in total. The number of benzene rings is 1. The van der Waals surface area contributed by atoms with E-state index < -0.39 is 9.84 Å². The van der Waals surface area contributed by atoms with Gasteiger partial charge in [0.05, 0.1) is 11.5 Å². The maximum absolute atomic E-state index is 11.6. The zero-order chi connectivity index (χ0) is 17.0. The number of hydrogen-bond acceptors (Lipinski definition) is 3. The number of sulfone groups is 1. The zero-order valence-electron chi connectivity index (χ0n) is 14.4. The second-order valence-electron chi connectivity index (χ2n) is 6.54. The van der Waals surface area contributed by atoms with Gasteiger partial charge in [0.2, 0.25) is 0 Å². The second-order valence-corrected chi connectivity index (χ2v) is 8.77. The van der Waals surface area contributed by atoms with Gasteiger partial charge >= 0.3 is 0 Å². The van der Waals surface area contributed by atoms with Crippen molar-refractivity contribution in [2.24, 2.45) is 10.9 Å². The summed E-state index contributed by atoms with van der Waals surface area (Å²) < 4.78 is 23.2. The van der Waals surface area contributed by atoms with Crippen LogP contribution in [0.25, 0.3) is 0 Å². The molecule has 0 amide bonds. The molecule has 1 fully saturated rings. The second kappa shape index (κ2) is 9.02. The summed E-state index contributed by atoms with van der Waals surface area (Å²) in [6.45, 7) is 6.73. The Kier molecular flexibility index (Phi) is 7.30. The molecule has 0 bridgehead atoms. The number of halogens is 1. The molecule has 2 aliphatic rings. The molecule has 5 nitrogen and oxygen atoms in total. The van der Waals surface area contributed by atoms with Gasteiger partial charge in [-0.25, -0.2) is 8.42 Å². The summed E-state index contributed by atoms with van der Waals surface area (Å²) in [7, 11) is -2.84. The third kappa shape index (κ3) is 5.44. The minimum Gasteiger partial charge on any atom is -0.353 e. The molecule has 138 valence electrons. The molecule has 0 radical (unpaired) electrons. The van der Waals surface area contributed by atoms with Crippen LogP contribution in [0.4, 0.5) is 0 Å². The minimum absolute atomic E-state index is 0. The van der Waals surface area contributed by atoms with E-state index in [0.717, 1.165) is 31.9 Å². The molecule has 25 heavy (non-hydrogen) atoms. The van der Waals surface area contributed by atoms with Gasteiger partial charge in [-0.05, 0) is 29.9 Å². The van der Waals surface area contributed by atoms with Gasteiger partial charge in [0.25, 0.3) is 0 Å². The average molecular weight is 475 g/mol. The summed E-state index contributed by atoms with van der Waals surface area (Å²) in [6, 6.07) is 8.50. The summed E-state index contributed by atoms with van der Waals surface area (Å²) in [5.41, 5.74) is 2.74. The monoisotopic (exact) mass is 475 g/mol. The van der Waals surface area contributed by atoms with Crippen molar-refractivity contribution >= 4 is 39.8 Å². The van der Waals surface area contributed by atoms with Crippen molar-refractivity contribution in [3.63, 3.8) is 0 Å². The highest BCUT2D eigenvalue weighted by Gasteiger charge is 2.28. The normalized spacial score (nSPS) is 22.0. The van der Waals surface area contributed by atoms with Crippen LogP contribution in [0.2, 0.25) is 0 Å². The van der Waals surface area contributed by atoms with Gasteiger partial charge in [0.15, 0.2) is 15.8 Å². The number of guanidine groups is 1. The summed E-state index contributed by atoms with van der Waals surface area (Å²) >= 11 is 0. The van der Waals surface area contributed by atoms with E-state index >= 15 is 0 Å². The van der Waals surface area contributed by atoms with Crippen LogP contribution in [-0.4, -0.2) is 50.4 Å². The summed E-state index contributed by atoms with van der Waals surface area (Å²) in [4.78, 5) is 6.97. The lowest BCUT2D eigenvalue weighted by atomic mass is 10.0. The average Bonchev–Trinajstić information content (AvgIpc) is 2.93. The van der Waals surface area contributed by atoms with Crippen molar-refractivity contribution in [2.45, 2.75) is 19.4 Å². The fraction of sp³-hybridized carbons (Fsp3) is 0.500. The lowest BCUT2D eigenvalue weighted by molar-refractivity contribution is 0.378. The Morgan fingerprint density at radius 1 is 1.36 bits per heavy atom. The van der Waals surface area contributed by atoms with Crippen LogP contribution in [0.3, 0.4) is 0 Å². The van der Waals surface area contributed by atoms with Crippen LogP contribution in [0.15, 0.2) is 41.9 Å². The molecular formula is C18H26IN3O2S. The molecule has 1 unspecified atom stereocenters. The highest BCUT2D eigenvalue weighted by molar-refractivity contribution is 14.0. The van der Waals surface area contributed by atoms with Crippen molar-refractivity contribution in [3.05, 3.63) is 48.0 Å². The first kappa shape index (κ1) is 20.2. The Bertz CT molecular complexity index is 734. The van der Waals surface area contributed by atoms with E-state index in [9.17, 15) is 8.42 Å². The van der Waals surface area contributed by atoms with E-state index in [1.807, 2.05) is 6.08 Å². The third-order valence-electron chi connectivity index (χ3n) is 4.66. The van der Waals surface area contributed by atoms with Crippen molar-refractivity contribution in [2.75, 3.05) is 31.1 Å². The van der Waals surface area contributed by atoms with Gasteiger partial charge in [0, 0.05) is 26.2 Å². The standard InChI is InChI=1S/C18H25N3O2S.HI/c1-2-9-19-18(20-12-15-8-11-24(22,23)14-15)21-10-7-16-5-3-4-6-17(16)13-21;/h2-6,15H,1,7-14H2,(H,19,20);1H. The lowest BCUT2D eigenvalue weighted by Gasteiger charge is -2.32. The van der Waals surface area contributed by atoms with Crippen LogP contribution in [0.1, 0.15) is 17.5 Å². The molecule has 1 atom stereocenters. The van der Waals surface area contributed by atoms with Gasteiger partial charge in [-0.15, -0.1) is 30.6 Å². The largest absolute Gasteiger partial charge is 0.353 e. The van der Waals surface area contributed by atoms with Crippen LogP contribution in [0, 0.1) is 5.92 Å². The van der Waals surface area contributed by atoms with Crippen LogP contribution < -0.4 is 5.32 Å². The van der Waals surface area contributed by atoms with Crippen molar-refractivity contribution in [1.82, 2.24) is 10.2 Å². The number of fused-ring (bicyclic) bond motifs is 1. The van der Waals surface area contributed by atoms with E-state index in [2.05, 4.69) is 41.1 Å². The molecule has 0 aliphatic carbocycles.